The van der Waals surface area contributed by atoms with Crippen molar-refractivity contribution in [1.29, 1.82) is 0 Å². The zero-order chi connectivity index (χ0) is 17.6. The van der Waals surface area contributed by atoms with E-state index in [0.717, 1.165) is 17.1 Å². The molecule has 4 N–H and O–H groups in total. The lowest BCUT2D eigenvalue weighted by Crippen LogP contribution is -2.16. The van der Waals surface area contributed by atoms with Gasteiger partial charge in [-0.1, -0.05) is 49.7 Å². The van der Waals surface area contributed by atoms with Crippen LogP contribution in [0.4, 0.5) is 17.1 Å². The summed E-state index contributed by atoms with van der Waals surface area (Å²) in [5.41, 5.74) is 10.7. The fourth-order valence-corrected chi connectivity index (χ4v) is 3.79. The predicted molar refractivity (Wildman–Crippen MR) is 107 cm³/mol. The monoisotopic (exact) mass is 349 g/mol. The van der Waals surface area contributed by atoms with Gasteiger partial charge in [-0.05, 0) is 58.7 Å². The molecule has 0 saturated carbocycles. The number of hydrogen-bond acceptors (Lipinski definition) is 3. The maximum atomic E-state index is 5.98. The molecule has 0 spiro atoms. The fourth-order valence-electron chi connectivity index (χ4n) is 3.66. The SMILES string of the molecule is CC1(C)c2ccccc2-c2cc(Nc3ccc(Cl)cc3)c(NN)cc21. The van der Waals surface area contributed by atoms with E-state index in [9.17, 15) is 0 Å². The van der Waals surface area contributed by atoms with Gasteiger partial charge in [0.25, 0.3) is 0 Å². The number of halogens is 1. The summed E-state index contributed by atoms with van der Waals surface area (Å²) in [6, 6.07) is 20.5. The number of nitrogens with two attached hydrogens (primary N) is 1. The number of fused-ring (bicyclic) bond motifs is 3. The van der Waals surface area contributed by atoms with E-state index in [4.69, 9.17) is 17.4 Å². The summed E-state index contributed by atoms with van der Waals surface area (Å²) in [7, 11) is 0. The van der Waals surface area contributed by atoms with E-state index in [1.54, 1.807) is 0 Å². The highest BCUT2D eigenvalue weighted by atomic mass is 35.5. The Hall–Kier alpha value is -2.49. The molecule has 0 aliphatic heterocycles. The van der Waals surface area contributed by atoms with Gasteiger partial charge in [-0.25, -0.2) is 0 Å². The van der Waals surface area contributed by atoms with Crippen LogP contribution in [0.3, 0.4) is 0 Å². The zero-order valence-corrected chi connectivity index (χ0v) is 15.0. The van der Waals surface area contributed by atoms with E-state index in [0.29, 0.717) is 5.02 Å². The number of nitrogens with one attached hydrogen (secondary N) is 2. The second kappa shape index (κ2) is 5.80. The topological polar surface area (TPSA) is 50.1 Å². The minimum atomic E-state index is -0.0453. The van der Waals surface area contributed by atoms with Gasteiger partial charge in [0, 0.05) is 16.1 Å². The molecule has 0 unspecified atom stereocenters. The molecule has 3 nitrogen and oxygen atoms in total. The molecule has 0 fully saturated rings. The van der Waals surface area contributed by atoms with Gasteiger partial charge in [0.15, 0.2) is 0 Å². The van der Waals surface area contributed by atoms with Crippen LogP contribution < -0.4 is 16.6 Å². The normalized spacial score (nSPS) is 13.9. The molecular formula is C21H20ClN3. The standard InChI is InChI=1S/C21H20ClN3/c1-21(2)17-6-4-3-5-15(17)16-11-19(20(25-23)12-18(16)21)24-14-9-7-13(22)8-10-14/h3-12,24-25H,23H2,1-2H3. The van der Waals surface area contributed by atoms with Gasteiger partial charge >= 0.3 is 0 Å². The molecule has 3 aromatic carbocycles. The molecular weight excluding hydrogens is 330 g/mol. The van der Waals surface area contributed by atoms with Crippen LogP contribution in [-0.4, -0.2) is 0 Å². The largest absolute Gasteiger partial charge is 0.354 e. The minimum absolute atomic E-state index is 0.0453. The maximum Gasteiger partial charge on any atom is 0.0725 e. The van der Waals surface area contributed by atoms with Crippen molar-refractivity contribution >= 4 is 28.7 Å². The number of benzene rings is 3. The van der Waals surface area contributed by atoms with E-state index < -0.39 is 0 Å². The van der Waals surface area contributed by atoms with Crippen LogP contribution in [0.5, 0.6) is 0 Å². The molecule has 0 amide bonds. The van der Waals surface area contributed by atoms with Crippen LogP contribution in [0.25, 0.3) is 11.1 Å². The summed E-state index contributed by atoms with van der Waals surface area (Å²) in [5.74, 6) is 5.81. The summed E-state index contributed by atoms with van der Waals surface area (Å²) < 4.78 is 0. The Balaban J connectivity index is 1.85. The second-order valence-electron chi connectivity index (χ2n) is 6.89. The van der Waals surface area contributed by atoms with Gasteiger partial charge in [-0.2, -0.15) is 0 Å². The van der Waals surface area contributed by atoms with Gasteiger partial charge in [-0.15, -0.1) is 0 Å². The molecule has 1 aliphatic carbocycles. The van der Waals surface area contributed by atoms with Crippen LogP contribution in [0.2, 0.25) is 5.02 Å². The first-order valence-electron chi connectivity index (χ1n) is 8.28. The summed E-state index contributed by atoms with van der Waals surface area (Å²) in [5, 5.41) is 4.15. The first kappa shape index (κ1) is 16.0. The molecule has 1 aliphatic rings. The van der Waals surface area contributed by atoms with Gasteiger partial charge < -0.3 is 10.7 Å². The van der Waals surface area contributed by atoms with Crippen molar-refractivity contribution in [2.24, 2.45) is 5.84 Å². The van der Waals surface area contributed by atoms with Crippen LogP contribution in [0, 0.1) is 0 Å². The molecule has 0 heterocycles. The maximum absolute atomic E-state index is 5.98. The third-order valence-electron chi connectivity index (χ3n) is 5.00. The molecule has 0 bridgehead atoms. The number of hydrazine groups is 1. The Bertz CT molecular complexity index is 946. The molecule has 0 radical (unpaired) electrons. The summed E-state index contributed by atoms with van der Waals surface area (Å²) in [6.45, 7) is 4.51. The van der Waals surface area contributed by atoms with Gasteiger partial charge in [0.05, 0.1) is 11.4 Å². The third-order valence-corrected chi connectivity index (χ3v) is 5.25. The highest BCUT2D eigenvalue weighted by molar-refractivity contribution is 6.30. The molecule has 0 saturated heterocycles. The second-order valence-corrected chi connectivity index (χ2v) is 7.33. The zero-order valence-electron chi connectivity index (χ0n) is 14.2. The van der Waals surface area contributed by atoms with E-state index in [2.05, 4.69) is 61.0 Å². The molecule has 4 rings (SSSR count). The number of rotatable bonds is 3. The molecule has 25 heavy (non-hydrogen) atoms. The van der Waals surface area contributed by atoms with E-state index in [1.165, 1.54) is 22.3 Å². The van der Waals surface area contributed by atoms with Crippen molar-refractivity contribution in [1.82, 2.24) is 0 Å². The van der Waals surface area contributed by atoms with Gasteiger partial charge in [0.1, 0.15) is 0 Å². The van der Waals surface area contributed by atoms with Crippen LogP contribution in [0.15, 0.2) is 60.7 Å². The lowest BCUT2D eigenvalue weighted by Gasteiger charge is -2.23. The summed E-state index contributed by atoms with van der Waals surface area (Å²) in [6.07, 6.45) is 0. The van der Waals surface area contributed by atoms with Crippen molar-refractivity contribution in [3.8, 4) is 11.1 Å². The number of hydrogen-bond donors (Lipinski definition) is 3. The van der Waals surface area contributed by atoms with E-state index >= 15 is 0 Å². The van der Waals surface area contributed by atoms with Crippen LogP contribution in [-0.2, 0) is 5.41 Å². The third kappa shape index (κ3) is 2.56. The van der Waals surface area contributed by atoms with Crippen molar-refractivity contribution in [3.63, 3.8) is 0 Å². The highest BCUT2D eigenvalue weighted by Crippen LogP contribution is 2.50. The van der Waals surface area contributed by atoms with E-state index in [1.807, 2.05) is 24.3 Å². The lowest BCUT2D eigenvalue weighted by molar-refractivity contribution is 0.660. The minimum Gasteiger partial charge on any atom is -0.354 e. The Morgan fingerprint density at radius 3 is 2.28 bits per heavy atom. The fraction of sp³-hybridized carbons (Fsp3) is 0.143. The van der Waals surface area contributed by atoms with Crippen molar-refractivity contribution in [2.45, 2.75) is 19.3 Å². The van der Waals surface area contributed by atoms with Gasteiger partial charge in [-0.3, -0.25) is 5.84 Å². The first-order chi connectivity index (χ1) is 12.0. The number of anilines is 3. The summed E-state index contributed by atoms with van der Waals surface area (Å²) >= 11 is 5.98. The first-order valence-corrected chi connectivity index (χ1v) is 8.66. The predicted octanol–water partition coefficient (Wildman–Crippen LogP) is 5.68. The summed E-state index contributed by atoms with van der Waals surface area (Å²) in [4.78, 5) is 0. The molecule has 0 atom stereocenters. The Labute approximate surface area is 152 Å². The van der Waals surface area contributed by atoms with Crippen LogP contribution >= 0.6 is 11.6 Å². The Kier molecular flexibility index (Phi) is 3.71. The lowest BCUT2D eigenvalue weighted by atomic mass is 9.82. The molecule has 4 heteroatoms. The average molecular weight is 350 g/mol. The molecule has 3 aromatic rings. The Morgan fingerprint density at radius 1 is 0.840 bits per heavy atom. The van der Waals surface area contributed by atoms with Crippen molar-refractivity contribution in [2.75, 3.05) is 10.7 Å². The highest BCUT2D eigenvalue weighted by Gasteiger charge is 2.35. The quantitative estimate of drug-likeness (QED) is 0.421. The van der Waals surface area contributed by atoms with Crippen molar-refractivity contribution < 1.29 is 0 Å². The van der Waals surface area contributed by atoms with Crippen molar-refractivity contribution in [3.05, 3.63) is 76.8 Å². The molecule has 0 aromatic heterocycles. The van der Waals surface area contributed by atoms with Crippen LogP contribution in [0.1, 0.15) is 25.0 Å². The van der Waals surface area contributed by atoms with Gasteiger partial charge in [0.2, 0.25) is 0 Å². The Morgan fingerprint density at radius 2 is 1.56 bits per heavy atom. The average Bonchev–Trinajstić information content (AvgIpc) is 2.84. The van der Waals surface area contributed by atoms with E-state index in [-0.39, 0.29) is 5.41 Å². The smallest absolute Gasteiger partial charge is 0.0725 e. The number of nitrogen functional groups attached to an aromatic ring is 1. The molecule has 126 valence electrons.